The Labute approximate surface area is 259 Å². The second-order valence-corrected chi connectivity index (χ2v) is 11.5. The lowest BCUT2D eigenvalue weighted by atomic mass is 10.00. The van der Waals surface area contributed by atoms with E-state index in [1.54, 1.807) is 0 Å². The van der Waals surface area contributed by atoms with Gasteiger partial charge in [0.15, 0.2) is 5.58 Å². The molecule has 0 saturated carbocycles. The summed E-state index contributed by atoms with van der Waals surface area (Å²) in [5.41, 5.74) is 12.4. The van der Waals surface area contributed by atoms with E-state index in [0.29, 0.717) is 0 Å². The SMILES string of the molecule is Cc1ccc2c(oc3c4ccccc4cnc23)c1-c1nc2ccccc2n1-c1ccc(-c2ccc(-c3ccccc3)cc2)cc1. The highest BCUT2D eigenvalue weighted by Gasteiger charge is 2.22. The highest BCUT2D eigenvalue weighted by Crippen LogP contribution is 2.41. The Morgan fingerprint density at radius 2 is 1.20 bits per heavy atom. The van der Waals surface area contributed by atoms with E-state index >= 15 is 0 Å². The molecule has 3 heterocycles. The zero-order valence-corrected chi connectivity index (χ0v) is 24.6. The number of para-hydroxylation sites is 2. The van der Waals surface area contributed by atoms with Crippen molar-refractivity contribution >= 4 is 43.9 Å². The van der Waals surface area contributed by atoms with Crippen LogP contribution in [0.1, 0.15) is 5.56 Å². The summed E-state index contributed by atoms with van der Waals surface area (Å²) in [6.07, 6.45) is 1.93. The molecule has 0 spiro atoms. The fourth-order valence-electron chi connectivity index (χ4n) is 6.53. The standard InChI is InChI=1S/C41H27N3O/c1-26-15-24-34-38-40(33-12-6-5-11-31(33)25-42-38)45-39(34)37(26)41-43-35-13-7-8-14-36(35)44(41)32-22-20-30(21-23-32)29-18-16-28(17-19-29)27-9-3-2-4-10-27/h2-25H,1H3. The molecular weight excluding hydrogens is 550 g/mol. The summed E-state index contributed by atoms with van der Waals surface area (Å²) in [7, 11) is 0. The molecule has 0 radical (unpaired) electrons. The van der Waals surface area contributed by atoms with Crippen LogP contribution in [-0.4, -0.2) is 14.5 Å². The number of rotatable bonds is 4. The molecule has 212 valence electrons. The monoisotopic (exact) mass is 577 g/mol. The van der Waals surface area contributed by atoms with Crippen LogP contribution in [0.3, 0.4) is 0 Å². The number of aryl methyl sites for hydroxylation is 1. The summed E-state index contributed by atoms with van der Waals surface area (Å²) in [4.78, 5) is 10.0. The van der Waals surface area contributed by atoms with Crippen LogP contribution in [0, 0.1) is 6.92 Å². The van der Waals surface area contributed by atoms with Crippen LogP contribution in [0.5, 0.6) is 0 Å². The van der Waals surface area contributed by atoms with Crippen molar-refractivity contribution in [1.82, 2.24) is 14.5 Å². The van der Waals surface area contributed by atoms with Gasteiger partial charge in [0.2, 0.25) is 0 Å². The first-order valence-corrected chi connectivity index (χ1v) is 15.2. The van der Waals surface area contributed by atoms with E-state index in [1.165, 1.54) is 16.7 Å². The van der Waals surface area contributed by atoms with Gasteiger partial charge in [0.25, 0.3) is 0 Å². The molecular formula is C41H27N3O. The van der Waals surface area contributed by atoms with Crippen molar-refractivity contribution in [2.45, 2.75) is 6.92 Å². The molecule has 0 atom stereocenters. The number of furan rings is 1. The van der Waals surface area contributed by atoms with Gasteiger partial charge in [-0.15, -0.1) is 0 Å². The summed E-state index contributed by atoms with van der Waals surface area (Å²) in [6, 6.07) is 48.8. The van der Waals surface area contributed by atoms with Gasteiger partial charge in [-0.3, -0.25) is 9.55 Å². The Kier molecular flexibility index (Phi) is 5.69. The van der Waals surface area contributed by atoms with Crippen molar-refractivity contribution in [3.63, 3.8) is 0 Å². The quantitative estimate of drug-likeness (QED) is 0.209. The second-order valence-electron chi connectivity index (χ2n) is 11.5. The van der Waals surface area contributed by atoms with E-state index < -0.39 is 0 Å². The number of hydrogen-bond donors (Lipinski definition) is 0. The van der Waals surface area contributed by atoms with Crippen LogP contribution >= 0.6 is 0 Å². The lowest BCUT2D eigenvalue weighted by Gasteiger charge is -2.13. The Bertz CT molecular complexity index is 2520. The average Bonchev–Trinajstić information content (AvgIpc) is 3.68. The van der Waals surface area contributed by atoms with E-state index in [2.05, 4.69) is 127 Å². The van der Waals surface area contributed by atoms with Gasteiger partial charge in [-0.05, 0) is 65.1 Å². The zero-order valence-electron chi connectivity index (χ0n) is 24.6. The minimum Gasteiger partial charge on any atom is -0.453 e. The van der Waals surface area contributed by atoms with Crippen LogP contribution in [-0.2, 0) is 0 Å². The Morgan fingerprint density at radius 3 is 1.98 bits per heavy atom. The molecule has 4 nitrogen and oxygen atoms in total. The molecule has 45 heavy (non-hydrogen) atoms. The van der Waals surface area contributed by atoms with Gasteiger partial charge < -0.3 is 4.42 Å². The Morgan fingerprint density at radius 1 is 0.556 bits per heavy atom. The molecule has 0 unspecified atom stereocenters. The van der Waals surface area contributed by atoms with Crippen molar-refractivity contribution in [2.75, 3.05) is 0 Å². The third-order valence-corrected chi connectivity index (χ3v) is 8.81. The van der Waals surface area contributed by atoms with Gasteiger partial charge in [0, 0.05) is 28.0 Å². The minimum atomic E-state index is 0.806. The van der Waals surface area contributed by atoms with Crippen LogP contribution in [0.4, 0.5) is 0 Å². The molecule has 3 aromatic heterocycles. The van der Waals surface area contributed by atoms with Crippen molar-refractivity contribution in [2.24, 2.45) is 0 Å². The molecule has 0 saturated heterocycles. The summed E-state index contributed by atoms with van der Waals surface area (Å²) in [5, 5.41) is 3.11. The Balaban J connectivity index is 1.20. The Hall–Kier alpha value is -6.00. The highest BCUT2D eigenvalue weighted by atomic mass is 16.3. The van der Waals surface area contributed by atoms with Gasteiger partial charge in [-0.1, -0.05) is 109 Å². The molecule has 4 heteroatoms. The van der Waals surface area contributed by atoms with E-state index in [-0.39, 0.29) is 0 Å². The molecule has 0 aliphatic carbocycles. The fraction of sp³-hybridized carbons (Fsp3) is 0.0244. The highest BCUT2D eigenvalue weighted by molar-refractivity contribution is 6.15. The maximum atomic E-state index is 6.72. The predicted octanol–water partition coefficient (Wildman–Crippen LogP) is 10.8. The summed E-state index contributed by atoms with van der Waals surface area (Å²) in [6.45, 7) is 2.12. The average molecular weight is 578 g/mol. The van der Waals surface area contributed by atoms with Crippen molar-refractivity contribution < 1.29 is 4.42 Å². The number of hydrogen-bond acceptors (Lipinski definition) is 3. The van der Waals surface area contributed by atoms with Gasteiger partial charge in [0.1, 0.15) is 16.9 Å². The second kappa shape index (κ2) is 10.0. The molecule has 0 aliphatic heterocycles. The van der Waals surface area contributed by atoms with Crippen molar-refractivity contribution in [1.29, 1.82) is 0 Å². The van der Waals surface area contributed by atoms with E-state index in [9.17, 15) is 0 Å². The van der Waals surface area contributed by atoms with Crippen molar-refractivity contribution in [3.8, 4) is 39.3 Å². The van der Waals surface area contributed by atoms with Crippen LogP contribution in [0.2, 0.25) is 0 Å². The number of fused-ring (bicyclic) bond motifs is 6. The topological polar surface area (TPSA) is 43.9 Å². The normalized spacial score (nSPS) is 11.7. The smallest absolute Gasteiger partial charge is 0.161 e. The van der Waals surface area contributed by atoms with Crippen LogP contribution in [0.25, 0.3) is 83.2 Å². The number of nitrogens with zero attached hydrogens (tertiary/aromatic N) is 3. The van der Waals surface area contributed by atoms with Gasteiger partial charge >= 0.3 is 0 Å². The molecule has 9 rings (SSSR count). The van der Waals surface area contributed by atoms with E-state index in [1.807, 2.05) is 30.5 Å². The van der Waals surface area contributed by atoms with Gasteiger partial charge in [-0.2, -0.15) is 0 Å². The first-order valence-electron chi connectivity index (χ1n) is 15.2. The van der Waals surface area contributed by atoms with Crippen molar-refractivity contribution in [3.05, 3.63) is 151 Å². The molecule has 0 aliphatic rings. The molecule has 6 aromatic carbocycles. The zero-order chi connectivity index (χ0) is 29.9. The molecule has 0 amide bonds. The third kappa shape index (κ3) is 4.07. The third-order valence-electron chi connectivity index (χ3n) is 8.81. The van der Waals surface area contributed by atoms with Crippen LogP contribution in [0.15, 0.2) is 150 Å². The minimum absolute atomic E-state index is 0.806. The first kappa shape index (κ1) is 25.5. The van der Waals surface area contributed by atoms with E-state index in [0.717, 1.165) is 72.1 Å². The molecule has 9 aromatic rings. The number of imidazole rings is 1. The largest absolute Gasteiger partial charge is 0.453 e. The predicted molar refractivity (Wildman–Crippen MR) is 185 cm³/mol. The molecule has 0 bridgehead atoms. The fourth-order valence-corrected chi connectivity index (χ4v) is 6.53. The molecule has 0 fully saturated rings. The summed E-state index contributed by atoms with van der Waals surface area (Å²) >= 11 is 0. The summed E-state index contributed by atoms with van der Waals surface area (Å²) < 4.78 is 8.97. The maximum Gasteiger partial charge on any atom is 0.161 e. The lowest BCUT2D eigenvalue weighted by Crippen LogP contribution is -1.99. The van der Waals surface area contributed by atoms with Crippen LogP contribution < -0.4 is 0 Å². The van der Waals surface area contributed by atoms with E-state index in [4.69, 9.17) is 14.4 Å². The first-order chi connectivity index (χ1) is 22.2. The number of pyridine rings is 1. The maximum absolute atomic E-state index is 6.72. The molecule has 0 N–H and O–H groups in total. The number of benzene rings is 6. The summed E-state index contributed by atoms with van der Waals surface area (Å²) in [5.74, 6) is 0.850. The van der Waals surface area contributed by atoms with Gasteiger partial charge in [0.05, 0.1) is 16.6 Å². The van der Waals surface area contributed by atoms with Gasteiger partial charge in [-0.25, -0.2) is 4.98 Å². The lowest BCUT2D eigenvalue weighted by molar-refractivity contribution is 0.672. The number of aromatic nitrogens is 3.